The van der Waals surface area contributed by atoms with E-state index in [1.54, 1.807) is 18.2 Å². The second kappa shape index (κ2) is 3.74. The summed E-state index contributed by atoms with van der Waals surface area (Å²) in [4.78, 5) is 21.4. The predicted molar refractivity (Wildman–Crippen MR) is 54.7 cm³/mol. The van der Waals surface area contributed by atoms with Crippen LogP contribution in [0.2, 0.25) is 0 Å². The predicted octanol–water partition coefficient (Wildman–Crippen LogP) is 1.90. The fourth-order valence-electron chi connectivity index (χ4n) is 1.53. The molecule has 72 valence electrons. The molecular weight excluding hydrogens is 176 g/mol. The van der Waals surface area contributed by atoms with Crippen LogP contribution in [0.5, 0.6) is 0 Å². The molecule has 1 aromatic carbocycles. The van der Waals surface area contributed by atoms with E-state index in [1.165, 1.54) is 0 Å². The Kier molecular flexibility index (Phi) is 2.84. The largest absolute Gasteiger partial charge is 0.285 e. The van der Waals surface area contributed by atoms with Crippen molar-refractivity contribution in [2.45, 2.75) is 26.2 Å². The molecule has 1 rings (SSSR count). The van der Waals surface area contributed by atoms with E-state index in [-0.39, 0.29) is 5.41 Å². The van der Waals surface area contributed by atoms with Crippen LogP contribution in [0.4, 0.5) is 0 Å². The van der Waals surface area contributed by atoms with Crippen molar-refractivity contribution >= 4 is 12.6 Å². The van der Waals surface area contributed by atoms with Gasteiger partial charge in [0, 0.05) is 11.1 Å². The van der Waals surface area contributed by atoms with Crippen molar-refractivity contribution in [1.29, 1.82) is 0 Å². The van der Waals surface area contributed by atoms with Gasteiger partial charge in [0.1, 0.15) is 0 Å². The maximum Gasteiger partial charge on any atom is 0.233 e. The Morgan fingerprint density at radius 2 is 1.43 bits per heavy atom. The molecule has 0 saturated carbocycles. The molecular formula is C12H12O2. The van der Waals surface area contributed by atoms with Crippen molar-refractivity contribution in [3.05, 3.63) is 34.9 Å². The first kappa shape index (κ1) is 10.6. The van der Waals surface area contributed by atoms with E-state index in [0.29, 0.717) is 16.7 Å². The molecule has 14 heavy (non-hydrogen) atoms. The fourth-order valence-corrected chi connectivity index (χ4v) is 1.53. The summed E-state index contributed by atoms with van der Waals surface area (Å²) in [5, 5.41) is 0. The molecule has 0 unspecified atom stereocenters. The molecule has 0 amide bonds. The molecule has 0 fully saturated rings. The lowest BCUT2D eigenvalue weighted by Crippen LogP contribution is -2.17. The van der Waals surface area contributed by atoms with Crippen LogP contribution in [0.3, 0.4) is 0 Å². The molecule has 0 N–H and O–H groups in total. The highest BCUT2D eigenvalue weighted by molar-refractivity contribution is 5.87. The minimum absolute atomic E-state index is 0.249. The van der Waals surface area contributed by atoms with Gasteiger partial charge < -0.3 is 0 Å². The number of hydrogen-bond acceptors (Lipinski definition) is 2. The second-order valence-electron chi connectivity index (χ2n) is 4.18. The summed E-state index contributed by atoms with van der Waals surface area (Å²) < 4.78 is 0. The second-order valence-corrected chi connectivity index (χ2v) is 4.18. The SMILES string of the molecule is CC(C)(C)c1c([C]=O)cccc1[C]=O. The average molecular weight is 188 g/mol. The van der Waals surface area contributed by atoms with Gasteiger partial charge in [0.25, 0.3) is 0 Å². The monoisotopic (exact) mass is 188 g/mol. The number of carbonyl (C=O) groups excluding carboxylic acids is 2. The summed E-state index contributed by atoms with van der Waals surface area (Å²) in [6, 6.07) is 4.98. The van der Waals surface area contributed by atoms with Crippen molar-refractivity contribution in [3.8, 4) is 0 Å². The van der Waals surface area contributed by atoms with Gasteiger partial charge >= 0.3 is 0 Å². The molecule has 0 saturated heterocycles. The first-order chi connectivity index (χ1) is 6.50. The van der Waals surface area contributed by atoms with Gasteiger partial charge in [-0.15, -0.1) is 0 Å². The first-order valence-electron chi connectivity index (χ1n) is 4.40. The maximum atomic E-state index is 10.7. The van der Waals surface area contributed by atoms with Gasteiger partial charge in [-0.25, -0.2) is 0 Å². The lowest BCUT2D eigenvalue weighted by molar-refractivity contribution is 0.550. The van der Waals surface area contributed by atoms with E-state index in [0.717, 1.165) is 0 Å². The van der Waals surface area contributed by atoms with E-state index in [4.69, 9.17) is 0 Å². The summed E-state index contributed by atoms with van der Waals surface area (Å²) in [5.74, 6) is 0. The molecule has 0 aromatic heterocycles. The molecule has 0 bridgehead atoms. The summed E-state index contributed by atoms with van der Waals surface area (Å²) >= 11 is 0. The Balaban J connectivity index is 3.49. The Hall–Kier alpha value is -1.44. The van der Waals surface area contributed by atoms with Gasteiger partial charge in [0.15, 0.2) is 0 Å². The van der Waals surface area contributed by atoms with Gasteiger partial charge in [-0.1, -0.05) is 39.0 Å². The zero-order valence-electron chi connectivity index (χ0n) is 8.55. The molecule has 2 nitrogen and oxygen atoms in total. The van der Waals surface area contributed by atoms with Crippen LogP contribution in [0.1, 0.15) is 37.5 Å². The zero-order valence-corrected chi connectivity index (χ0v) is 8.55. The van der Waals surface area contributed by atoms with Crippen LogP contribution in [0.15, 0.2) is 18.2 Å². The topological polar surface area (TPSA) is 34.1 Å². The van der Waals surface area contributed by atoms with E-state index in [1.807, 2.05) is 33.3 Å². The highest BCUT2D eigenvalue weighted by atomic mass is 16.1. The molecule has 0 aliphatic rings. The van der Waals surface area contributed by atoms with Gasteiger partial charge in [0.05, 0.1) is 0 Å². The number of rotatable bonds is 2. The van der Waals surface area contributed by atoms with Crippen molar-refractivity contribution in [3.63, 3.8) is 0 Å². The smallest absolute Gasteiger partial charge is 0.233 e. The molecule has 0 atom stereocenters. The normalized spacial score (nSPS) is 11.1. The first-order valence-corrected chi connectivity index (χ1v) is 4.40. The third-order valence-corrected chi connectivity index (χ3v) is 2.03. The van der Waals surface area contributed by atoms with E-state index in [9.17, 15) is 9.59 Å². The van der Waals surface area contributed by atoms with Gasteiger partial charge in [0.2, 0.25) is 12.6 Å². The van der Waals surface area contributed by atoms with E-state index >= 15 is 0 Å². The third-order valence-electron chi connectivity index (χ3n) is 2.03. The Morgan fingerprint density at radius 1 is 1.00 bits per heavy atom. The van der Waals surface area contributed by atoms with Crippen LogP contribution < -0.4 is 0 Å². The molecule has 2 heteroatoms. The van der Waals surface area contributed by atoms with Crippen molar-refractivity contribution in [2.75, 3.05) is 0 Å². The maximum absolute atomic E-state index is 10.7. The molecule has 0 heterocycles. The standard InChI is InChI=1S/C12H12O2/c1-12(2,3)11-9(7-13)5-4-6-10(11)8-14/h4-6H,1-3H3. The summed E-state index contributed by atoms with van der Waals surface area (Å²) in [6.45, 7) is 5.85. The van der Waals surface area contributed by atoms with E-state index < -0.39 is 0 Å². The van der Waals surface area contributed by atoms with Crippen LogP contribution in [0.25, 0.3) is 0 Å². The van der Waals surface area contributed by atoms with Crippen LogP contribution in [-0.2, 0) is 15.0 Å². The zero-order chi connectivity index (χ0) is 10.8. The minimum Gasteiger partial charge on any atom is -0.285 e. The Bertz CT molecular complexity index is 333. The molecule has 1 aromatic rings. The molecule has 0 aliphatic heterocycles. The highest BCUT2D eigenvalue weighted by Crippen LogP contribution is 2.27. The Morgan fingerprint density at radius 3 is 1.71 bits per heavy atom. The van der Waals surface area contributed by atoms with Crippen LogP contribution >= 0.6 is 0 Å². The van der Waals surface area contributed by atoms with Crippen molar-refractivity contribution < 1.29 is 9.59 Å². The van der Waals surface area contributed by atoms with Gasteiger partial charge in [-0.05, 0) is 11.0 Å². The minimum atomic E-state index is -0.249. The van der Waals surface area contributed by atoms with Crippen molar-refractivity contribution in [1.82, 2.24) is 0 Å². The molecule has 0 spiro atoms. The van der Waals surface area contributed by atoms with Crippen LogP contribution in [-0.4, -0.2) is 12.6 Å². The van der Waals surface area contributed by atoms with E-state index in [2.05, 4.69) is 0 Å². The quantitative estimate of drug-likeness (QED) is 0.710. The number of benzene rings is 1. The summed E-state index contributed by atoms with van der Waals surface area (Å²) in [5.41, 5.74) is 1.35. The average Bonchev–Trinajstić information content (AvgIpc) is 2.15. The Labute approximate surface area is 83.9 Å². The summed E-state index contributed by atoms with van der Waals surface area (Å²) in [6.07, 6.45) is 3.70. The van der Waals surface area contributed by atoms with Gasteiger partial charge in [-0.3, -0.25) is 9.59 Å². The van der Waals surface area contributed by atoms with Crippen molar-refractivity contribution in [2.24, 2.45) is 0 Å². The number of hydrogen-bond donors (Lipinski definition) is 0. The molecule has 0 aliphatic carbocycles. The fraction of sp³-hybridized carbons (Fsp3) is 0.333. The van der Waals surface area contributed by atoms with Gasteiger partial charge in [-0.2, -0.15) is 0 Å². The lowest BCUT2D eigenvalue weighted by Gasteiger charge is -2.22. The highest BCUT2D eigenvalue weighted by Gasteiger charge is 2.21. The lowest BCUT2D eigenvalue weighted by atomic mass is 9.81. The third kappa shape index (κ3) is 1.90. The van der Waals surface area contributed by atoms with Crippen LogP contribution in [0, 0.1) is 0 Å². The molecule has 2 radical (unpaired) electrons. The summed E-state index contributed by atoms with van der Waals surface area (Å²) in [7, 11) is 0.